The van der Waals surface area contributed by atoms with Crippen LogP contribution >= 0.6 is 0 Å². The van der Waals surface area contributed by atoms with Gasteiger partial charge in [-0.3, -0.25) is 4.79 Å². The van der Waals surface area contributed by atoms with E-state index in [0.717, 1.165) is 11.1 Å². The van der Waals surface area contributed by atoms with Crippen molar-refractivity contribution in [1.82, 2.24) is 0 Å². The predicted octanol–water partition coefficient (Wildman–Crippen LogP) is 3.04. The summed E-state index contributed by atoms with van der Waals surface area (Å²) in [6.45, 7) is 3.66. The van der Waals surface area contributed by atoms with Gasteiger partial charge in [0.15, 0.2) is 18.1 Å². The van der Waals surface area contributed by atoms with Gasteiger partial charge in [-0.2, -0.15) is 0 Å². The highest BCUT2D eigenvalue weighted by atomic mass is 16.5. The Kier molecular flexibility index (Phi) is 6.06. The van der Waals surface area contributed by atoms with E-state index in [1.807, 2.05) is 32.0 Å². The van der Waals surface area contributed by atoms with Crippen molar-refractivity contribution in [2.75, 3.05) is 26.1 Å². The Morgan fingerprint density at radius 1 is 1.00 bits per heavy atom. The van der Waals surface area contributed by atoms with Crippen LogP contribution in [0.1, 0.15) is 21.5 Å². The first-order valence-electron chi connectivity index (χ1n) is 7.85. The zero-order valence-corrected chi connectivity index (χ0v) is 15.1. The predicted molar refractivity (Wildman–Crippen MR) is 96.5 cm³/mol. The number of anilines is 1. The number of aromatic carboxylic acids is 1. The van der Waals surface area contributed by atoms with Gasteiger partial charge < -0.3 is 24.6 Å². The van der Waals surface area contributed by atoms with Crippen molar-refractivity contribution < 1.29 is 28.9 Å². The fraction of sp³-hybridized carbons (Fsp3) is 0.263. The van der Waals surface area contributed by atoms with Gasteiger partial charge in [0.05, 0.1) is 19.8 Å². The minimum atomic E-state index is -1.12. The highest BCUT2D eigenvalue weighted by molar-refractivity contribution is 5.92. The lowest BCUT2D eigenvalue weighted by Gasteiger charge is -2.15. The normalized spacial score (nSPS) is 10.2. The van der Waals surface area contributed by atoms with Crippen molar-refractivity contribution in [2.45, 2.75) is 13.8 Å². The van der Waals surface area contributed by atoms with Crippen molar-refractivity contribution in [2.24, 2.45) is 0 Å². The van der Waals surface area contributed by atoms with Crippen LogP contribution in [0.4, 0.5) is 5.69 Å². The van der Waals surface area contributed by atoms with Gasteiger partial charge >= 0.3 is 5.97 Å². The summed E-state index contributed by atoms with van der Waals surface area (Å²) in [5.41, 5.74) is 2.86. The molecule has 1 amide bonds. The highest BCUT2D eigenvalue weighted by Crippen LogP contribution is 2.38. The molecule has 0 saturated carbocycles. The molecule has 7 heteroatoms. The van der Waals surface area contributed by atoms with Crippen LogP contribution in [0, 0.1) is 13.8 Å². The number of carboxylic acids is 1. The van der Waals surface area contributed by atoms with Gasteiger partial charge in [0.25, 0.3) is 5.91 Å². The second-order valence-electron chi connectivity index (χ2n) is 5.65. The lowest BCUT2D eigenvalue weighted by atomic mass is 10.1. The third-order valence-corrected chi connectivity index (χ3v) is 3.85. The van der Waals surface area contributed by atoms with Crippen molar-refractivity contribution in [1.29, 1.82) is 0 Å². The number of ether oxygens (including phenoxy) is 3. The summed E-state index contributed by atoms with van der Waals surface area (Å²) in [6.07, 6.45) is 0. The molecule has 0 saturated heterocycles. The Bertz CT molecular complexity index is 806. The first kappa shape index (κ1) is 19.1. The molecule has 2 rings (SSSR count). The summed E-state index contributed by atoms with van der Waals surface area (Å²) in [7, 11) is 2.75. The Labute approximate surface area is 151 Å². The molecule has 0 fully saturated rings. The number of aryl methyl sites for hydroxylation is 2. The molecule has 2 aromatic rings. The third kappa shape index (κ3) is 4.44. The average molecular weight is 359 g/mol. The van der Waals surface area contributed by atoms with E-state index in [0.29, 0.717) is 5.69 Å². The van der Waals surface area contributed by atoms with Crippen LogP contribution in [0.25, 0.3) is 0 Å². The second-order valence-corrected chi connectivity index (χ2v) is 5.65. The summed E-state index contributed by atoms with van der Waals surface area (Å²) in [5.74, 6) is -0.989. The molecule has 26 heavy (non-hydrogen) atoms. The SMILES string of the molecule is COc1cc(C(=O)O)cc(OC)c1OCC(=O)Nc1ccc(C)c(C)c1. The molecule has 2 N–H and O–H groups in total. The van der Waals surface area contributed by atoms with Gasteiger partial charge in [-0.15, -0.1) is 0 Å². The number of carbonyl (C=O) groups is 2. The van der Waals surface area contributed by atoms with E-state index in [2.05, 4.69) is 5.32 Å². The van der Waals surface area contributed by atoms with Gasteiger partial charge in [0.2, 0.25) is 5.75 Å². The lowest BCUT2D eigenvalue weighted by Crippen LogP contribution is -2.20. The molecule has 0 aliphatic carbocycles. The summed E-state index contributed by atoms with van der Waals surface area (Å²) < 4.78 is 15.8. The number of methoxy groups -OCH3 is 2. The monoisotopic (exact) mass is 359 g/mol. The standard InChI is InChI=1S/C19H21NO6/c1-11-5-6-14(7-12(11)2)20-17(21)10-26-18-15(24-3)8-13(19(22)23)9-16(18)25-4/h5-9H,10H2,1-4H3,(H,20,21)(H,22,23). The molecule has 0 unspecified atom stereocenters. The van der Waals surface area contributed by atoms with E-state index < -0.39 is 5.97 Å². The van der Waals surface area contributed by atoms with Gasteiger partial charge in [0.1, 0.15) is 0 Å². The van der Waals surface area contributed by atoms with Gasteiger partial charge in [0, 0.05) is 5.69 Å². The maximum Gasteiger partial charge on any atom is 0.335 e. The van der Waals surface area contributed by atoms with Crippen LogP contribution in [-0.4, -0.2) is 37.8 Å². The minimum absolute atomic E-state index is 0.00867. The molecule has 0 aromatic heterocycles. The molecule has 0 heterocycles. The van der Waals surface area contributed by atoms with Gasteiger partial charge in [-0.1, -0.05) is 6.07 Å². The zero-order chi connectivity index (χ0) is 19.3. The fourth-order valence-electron chi connectivity index (χ4n) is 2.30. The molecule has 2 aromatic carbocycles. The van der Waals surface area contributed by atoms with Crippen molar-refractivity contribution in [3.63, 3.8) is 0 Å². The van der Waals surface area contributed by atoms with E-state index in [-0.39, 0.29) is 35.3 Å². The second kappa shape index (κ2) is 8.24. The maximum atomic E-state index is 12.1. The molecule has 0 aliphatic heterocycles. The molecule has 0 spiro atoms. The minimum Gasteiger partial charge on any atom is -0.493 e. The molecule has 7 nitrogen and oxygen atoms in total. The summed E-state index contributed by atoms with van der Waals surface area (Å²) in [5, 5.41) is 11.9. The third-order valence-electron chi connectivity index (χ3n) is 3.85. The average Bonchev–Trinajstić information content (AvgIpc) is 2.62. The first-order chi connectivity index (χ1) is 12.3. The first-order valence-corrected chi connectivity index (χ1v) is 7.85. The fourth-order valence-corrected chi connectivity index (χ4v) is 2.30. The largest absolute Gasteiger partial charge is 0.493 e. The van der Waals surface area contributed by atoms with E-state index in [9.17, 15) is 9.59 Å². The van der Waals surface area contributed by atoms with E-state index in [1.165, 1.54) is 26.4 Å². The summed E-state index contributed by atoms with van der Waals surface area (Å²) in [6, 6.07) is 8.21. The van der Waals surface area contributed by atoms with Crippen LogP contribution in [0.2, 0.25) is 0 Å². The molecule has 0 atom stereocenters. The lowest BCUT2D eigenvalue weighted by molar-refractivity contribution is -0.118. The van der Waals surface area contributed by atoms with Crippen LogP contribution in [0.3, 0.4) is 0 Å². The molecule has 0 bridgehead atoms. The van der Waals surface area contributed by atoms with E-state index in [1.54, 1.807) is 0 Å². The summed E-state index contributed by atoms with van der Waals surface area (Å²) in [4.78, 5) is 23.3. The van der Waals surface area contributed by atoms with E-state index in [4.69, 9.17) is 19.3 Å². The number of benzene rings is 2. The highest BCUT2D eigenvalue weighted by Gasteiger charge is 2.18. The smallest absolute Gasteiger partial charge is 0.335 e. The van der Waals surface area contributed by atoms with Crippen LogP contribution in [0.5, 0.6) is 17.2 Å². The van der Waals surface area contributed by atoms with Crippen molar-refractivity contribution >= 4 is 17.6 Å². The molecule has 0 aliphatic rings. The molecule has 0 radical (unpaired) electrons. The maximum absolute atomic E-state index is 12.1. The van der Waals surface area contributed by atoms with Crippen molar-refractivity contribution in [3.8, 4) is 17.2 Å². The number of hydrogen-bond donors (Lipinski definition) is 2. The number of hydrogen-bond acceptors (Lipinski definition) is 5. The van der Waals surface area contributed by atoms with Crippen LogP contribution in [0.15, 0.2) is 30.3 Å². The Morgan fingerprint density at radius 3 is 2.12 bits per heavy atom. The Balaban J connectivity index is 2.13. The van der Waals surface area contributed by atoms with Crippen LogP contribution in [-0.2, 0) is 4.79 Å². The molecule has 138 valence electrons. The zero-order valence-electron chi connectivity index (χ0n) is 15.1. The van der Waals surface area contributed by atoms with Gasteiger partial charge in [-0.25, -0.2) is 4.79 Å². The number of nitrogens with one attached hydrogen (secondary N) is 1. The summed E-state index contributed by atoms with van der Waals surface area (Å²) >= 11 is 0. The van der Waals surface area contributed by atoms with Crippen LogP contribution < -0.4 is 19.5 Å². The Hall–Kier alpha value is -3.22. The number of carboxylic acid groups (broad SMARTS) is 1. The van der Waals surface area contributed by atoms with E-state index >= 15 is 0 Å². The van der Waals surface area contributed by atoms with Gasteiger partial charge in [-0.05, 0) is 49.2 Å². The topological polar surface area (TPSA) is 94.1 Å². The molecular weight excluding hydrogens is 338 g/mol. The number of carbonyl (C=O) groups excluding carboxylic acids is 1. The molecular formula is C19H21NO6. The Morgan fingerprint density at radius 2 is 1.62 bits per heavy atom. The van der Waals surface area contributed by atoms with Crippen molar-refractivity contribution in [3.05, 3.63) is 47.0 Å². The number of rotatable bonds is 7. The number of amides is 1. The quantitative estimate of drug-likeness (QED) is 0.789.